The van der Waals surface area contributed by atoms with Crippen LogP contribution in [0.4, 0.5) is 5.69 Å². The van der Waals surface area contributed by atoms with Gasteiger partial charge in [0, 0.05) is 29.9 Å². The summed E-state index contributed by atoms with van der Waals surface area (Å²) in [4.78, 5) is 26.4. The van der Waals surface area contributed by atoms with Crippen molar-refractivity contribution in [1.82, 2.24) is 4.90 Å². The minimum atomic E-state index is -0.169. The van der Waals surface area contributed by atoms with E-state index in [4.69, 9.17) is 0 Å². The molecule has 0 saturated carbocycles. The van der Waals surface area contributed by atoms with Gasteiger partial charge in [0.25, 0.3) is 11.8 Å². The summed E-state index contributed by atoms with van der Waals surface area (Å²) in [7, 11) is 0. The van der Waals surface area contributed by atoms with Gasteiger partial charge in [0.1, 0.15) is 0 Å². The molecule has 126 valence electrons. The Balaban J connectivity index is 2.13. The number of hydrogen-bond acceptors (Lipinski definition) is 2. The summed E-state index contributed by atoms with van der Waals surface area (Å²) in [6, 6.07) is 14.6. The van der Waals surface area contributed by atoms with E-state index in [9.17, 15) is 9.59 Å². The number of para-hydroxylation sites is 1. The van der Waals surface area contributed by atoms with E-state index >= 15 is 0 Å². The van der Waals surface area contributed by atoms with Gasteiger partial charge in [0.15, 0.2) is 0 Å². The molecule has 0 aromatic heterocycles. The maximum Gasteiger partial charge on any atom is 0.255 e. The Labute approximate surface area is 143 Å². The van der Waals surface area contributed by atoms with E-state index in [-0.39, 0.29) is 11.8 Å². The molecule has 0 saturated heterocycles. The summed E-state index contributed by atoms with van der Waals surface area (Å²) in [5.74, 6) is -0.180. The van der Waals surface area contributed by atoms with Gasteiger partial charge in [-0.25, -0.2) is 0 Å². The Bertz CT molecular complexity index is 704. The largest absolute Gasteiger partial charge is 0.339 e. The van der Waals surface area contributed by atoms with Crippen LogP contribution in [0.25, 0.3) is 0 Å². The van der Waals surface area contributed by atoms with Gasteiger partial charge >= 0.3 is 0 Å². The Morgan fingerprint density at radius 2 is 1.46 bits per heavy atom. The average Bonchev–Trinajstić information content (AvgIpc) is 2.63. The van der Waals surface area contributed by atoms with Crippen molar-refractivity contribution in [3.63, 3.8) is 0 Å². The molecule has 0 heterocycles. The number of rotatable bonds is 6. The molecule has 4 heteroatoms. The fourth-order valence-corrected chi connectivity index (χ4v) is 2.60. The molecule has 0 aliphatic carbocycles. The predicted molar refractivity (Wildman–Crippen MR) is 97.5 cm³/mol. The van der Waals surface area contributed by atoms with Gasteiger partial charge in [-0.15, -0.1) is 0 Å². The quantitative estimate of drug-likeness (QED) is 0.873. The molecule has 0 atom stereocenters. The summed E-state index contributed by atoms with van der Waals surface area (Å²) in [6.07, 6.45) is 0.855. The van der Waals surface area contributed by atoms with Crippen LogP contribution in [0, 0.1) is 0 Å². The Hall–Kier alpha value is -2.62. The zero-order valence-corrected chi connectivity index (χ0v) is 14.5. The average molecular weight is 324 g/mol. The van der Waals surface area contributed by atoms with E-state index in [0.29, 0.717) is 24.2 Å². The van der Waals surface area contributed by atoms with Gasteiger partial charge < -0.3 is 10.2 Å². The Morgan fingerprint density at radius 3 is 2.04 bits per heavy atom. The first-order valence-corrected chi connectivity index (χ1v) is 8.39. The van der Waals surface area contributed by atoms with Crippen molar-refractivity contribution >= 4 is 17.5 Å². The number of amides is 2. The number of hydrogen-bond donors (Lipinski definition) is 1. The summed E-state index contributed by atoms with van der Waals surface area (Å²) in [6.45, 7) is 7.30. The van der Waals surface area contributed by atoms with Gasteiger partial charge in [0.05, 0.1) is 0 Å². The fraction of sp³-hybridized carbons (Fsp3) is 0.300. The predicted octanol–water partition coefficient (Wildman–Crippen LogP) is 3.98. The first-order chi connectivity index (χ1) is 11.6. The molecule has 2 aromatic rings. The molecular weight excluding hydrogens is 300 g/mol. The molecule has 1 N–H and O–H groups in total. The lowest BCUT2D eigenvalue weighted by molar-refractivity contribution is 0.0772. The van der Waals surface area contributed by atoms with E-state index in [2.05, 4.69) is 12.2 Å². The van der Waals surface area contributed by atoms with Crippen LogP contribution in [0.5, 0.6) is 0 Å². The number of carbonyl (C=O) groups excluding carboxylic acids is 2. The third-order valence-electron chi connectivity index (χ3n) is 4.09. The maximum atomic E-state index is 12.4. The van der Waals surface area contributed by atoms with Crippen molar-refractivity contribution in [2.24, 2.45) is 0 Å². The SMILES string of the molecule is CCc1ccccc1NC(=O)c1ccc(C(=O)N(CC)CC)cc1. The van der Waals surface area contributed by atoms with Crippen LogP contribution in [-0.4, -0.2) is 29.8 Å². The fourth-order valence-electron chi connectivity index (χ4n) is 2.60. The highest BCUT2D eigenvalue weighted by molar-refractivity contribution is 6.05. The number of nitrogens with zero attached hydrogens (tertiary/aromatic N) is 1. The number of benzene rings is 2. The number of carbonyl (C=O) groups is 2. The normalized spacial score (nSPS) is 10.3. The molecule has 0 aliphatic heterocycles. The lowest BCUT2D eigenvalue weighted by atomic mass is 10.1. The van der Waals surface area contributed by atoms with Crippen LogP contribution >= 0.6 is 0 Å². The Morgan fingerprint density at radius 1 is 0.875 bits per heavy atom. The second kappa shape index (κ2) is 8.29. The molecule has 2 aromatic carbocycles. The minimum Gasteiger partial charge on any atom is -0.339 e. The zero-order valence-electron chi connectivity index (χ0n) is 14.5. The lowest BCUT2D eigenvalue weighted by Gasteiger charge is -2.18. The molecule has 2 amide bonds. The summed E-state index contributed by atoms with van der Waals surface area (Å²) >= 11 is 0. The molecule has 0 bridgehead atoms. The highest BCUT2D eigenvalue weighted by atomic mass is 16.2. The van der Waals surface area contributed by atoms with Crippen LogP contribution in [-0.2, 0) is 6.42 Å². The second-order valence-electron chi connectivity index (χ2n) is 5.52. The summed E-state index contributed by atoms with van der Waals surface area (Å²) < 4.78 is 0. The lowest BCUT2D eigenvalue weighted by Crippen LogP contribution is -2.30. The van der Waals surface area contributed by atoms with Crippen molar-refractivity contribution in [1.29, 1.82) is 0 Å². The summed E-state index contributed by atoms with van der Waals surface area (Å²) in [5, 5.41) is 2.94. The minimum absolute atomic E-state index is 0.0108. The van der Waals surface area contributed by atoms with Crippen LogP contribution < -0.4 is 5.32 Å². The van der Waals surface area contributed by atoms with E-state index in [0.717, 1.165) is 17.7 Å². The van der Waals surface area contributed by atoms with Gasteiger partial charge in [-0.05, 0) is 56.2 Å². The maximum absolute atomic E-state index is 12.4. The Kier molecular flexibility index (Phi) is 6.13. The van der Waals surface area contributed by atoms with Gasteiger partial charge in [-0.1, -0.05) is 25.1 Å². The van der Waals surface area contributed by atoms with Crippen molar-refractivity contribution in [2.45, 2.75) is 27.2 Å². The molecule has 0 radical (unpaired) electrons. The highest BCUT2D eigenvalue weighted by Crippen LogP contribution is 2.17. The molecule has 4 nitrogen and oxygen atoms in total. The summed E-state index contributed by atoms with van der Waals surface area (Å²) in [5.41, 5.74) is 3.06. The van der Waals surface area contributed by atoms with E-state index < -0.39 is 0 Å². The molecule has 0 fully saturated rings. The second-order valence-corrected chi connectivity index (χ2v) is 5.52. The van der Waals surface area contributed by atoms with Crippen molar-refractivity contribution in [2.75, 3.05) is 18.4 Å². The first kappa shape index (κ1) is 17.7. The topological polar surface area (TPSA) is 49.4 Å². The van der Waals surface area contributed by atoms with E-state index in [1.54, 1.807) is 29.2 Å². The molecule has 0 spiro atoms. The van der Waals surface area contributed by atoms with Crippen molar-refractivity contribution in [3.8, 4) is 0 Å². The number of anilines is 1. The van der Waals surface area contributed by atoms with Gasteiger partial charge in [-0.3, -0.25) is 9.59 Å². The molecule has 2 rings (SSSR count). The van der Waals surface area contributed by atoms with Crippen molar-refractivity contribution in [3.05, 3.63) is 65.2 Å². The van der Waals surface area contributed by atoms with Crippen LogP contribution in [0.1, 0.15) is 47.1 Å². The van der Waals surface area contributed by atoms with Crippen molar-refractivity contribution < 1.29 is 9.59 Å². The third-order valence-corrected chi connectivity index (χ3v) is 4.09. The molecule has 0 aliphatic rings. The van der Waals surface area contributed by atoms with Crippen LogP contribution in [0.2, 0.25) is 0 Å². The number of nitrogens with one attached hydrogen (secondary N) is 1. The molecule has 24 heavy (non-hydrogen) atoms. The number of aryl methyl sites for hydroxylation is 1. The van der Waals surface area contributed by atoms with Gasteiger partial charge in [-0.2, -0.15) is 0 Å². The third kappa shape index (κ3) is 4.02. The van der Waals surface area contributed by atoms with E-state index in [1.807, 2.05) is 38.1 Å². The first-order valence-electron chi connectivity index (χ1n) is 8.39. The van der Waals surface area contributed by atoms with Gasteiger partial charge in [0.2, 0.25) is 0 Å². The smallest absolute Gasteiger partial charge is 0.255 e. The molecular formula is C20H24N2O2. The highest BCUT2D eigenvalue weighted by Gasteiger charge is 2.14. The van der Waals surface area contributed by atoms with Crippen LogP contribution in [0.3, 0.4) is 0 Å². The van der Waals surface area contributed by atoms with Crippen LogP contribution in [0.15, 0.2) is 48.5 Å². The van der Waals surface area contributed by atoms with E-state index in [1.165, 1.54) is 0 Å². The monoisotopic (exact) mass is 324 g/mol. The zero-order chi connectivity index (χ0) is 17.5. The standard InChI is InChI=1S/C20H24N2O2/c1-4-15-9-7-8-10-18(15)21-19(23)16-11-13-17(14-12-16)20(24)22(5-2)6-3/h7-14H,4-6H2,1-3H3,(H,21,23). The molecule has 0 unspecified atom stereocenters.